The molecule has 0 bridgehead atoms. The number of halogens is 1. The highest BCUT2D eigenvalue weighted by atomic mass is 35.5. The van der Waals surface area contributed by atoms with E-state index in [9.17, 15) is 13.2 Å². The maximum absolute atomic E-state index is 12.2. The van der Waals surface area contributed by atoms with Gasteiger partial charge in [0.15, 0.2) is 0 Å². The summed E-state index contributed by atoms with van der Waals surface area (Å²) in [5, 5.41) is 9.15. The molecule has 0 aromatic heterocycles. The van der Waals surface area contributed by atoms with E-state index in [0.717, 1.165) is 0 Å². The van der Waals surface area contributed by atoms with Crippen molar-refractivity contribution in [3.8, 4) is 5.75 Å². The molecule has 0 fully saturated rings. The molecule has 0 unspecified atom stereocenters. The Morgan fingerprint density at radius 2 is 2.19 bits per heavy atom. The maximum Gasteiger partial charge on any atom is 0.321 e. The van der Waals surface area contributed by atoms with Crippen LogP contribution in [-0.2, 0) is 14.8 Å². The van der Waals surface area contributed by atoms with Crippen molar-refractivity contribution in [1.82, 2.24) is 4.72 Å². The van der Waals surface area contributed by atoms with Crippen LogP contribution in [0.4, 0.5) is 0 Å². The van der Waals surface area contributed by atoms with E-state index >= 15 is 0 Å². The third-order valence-electron chi connectivity index (χ3n) is 2.73. The molecule has 0 spiro atoms. The Hall–Kier alpha value is -1.35. The Labute approximate surface area is 128 Å². The second-order valence-corrected chi connectivity index (χ2v) is 6.36. The van der Waals surface area contributed by atoms with Gasteiger partial charge in [-0.3, -0.25) is 4.79 Å². The van der Waals surface area contributed by atoms with Crippen LogP contribution in [0, 0.1) is 0 Å². The van der Waals surface area contributed by atoms with E-state index in [4.69, 9.17) is 27.2 Å². The van der Waals surface area contributed by atoms with E-state index in [2.05, 4.69) is 4.72 Å². The molecule has 1 atom stereocenters. The Bertz CT molecular complexity index is 606. The fraction of sp³-hybridized carbons (Fsp3) is 0.417. The van der Waals surface area contributed by atoms with Crippen LogP contribution in [0.3, 0.4) is 0 Å². The number of nitrogens with two attached hydrogens (primary N) is 1. The van der Waals surface area contributed by atoms with Gasteiger partial charge in [-0.25, -0.2) is 8.42 Å². The molecular weight excluding hydrogens is 320 g/mol. The lowest BCUT2D eigenvalue weighted by molar-refractivity contribution is -0.139. The number of sulfonamides is 1. The van der Waals surface area contributed by atoms with Crippen molar-refractivity contribution in [3.05, 3.63) is 23.2 Å². The highest BCUT2D eigenvalue weighted by Gasteiger charge is 2.25. The fourth-order valence-corrected chi connectivity index (χ4v) is 3.20. The Kier molecular flexibility index (Phi) is 6.41. The molecule has 0 amide bonds. The van der Waals surface area contributed by atoms with Crippen molar-refractivity contribution in [2.24, 2.45) is 5.73 Å². The molecule has 0 radical (unpaired) electrons. The van der Waals surface area contributed by atoms with Gasteiger partial charge in [-0.1, -0.05) is 11.6 Å². The van der Waals surface area contributed by atoms with Crippen LogP contribution in [0.1, 0.15) is 12.8 Å². The molecule has 9 heteroatoms. The summed E-state index contributed by atoms with van der Waals surface area (Å²) < 4.78 is 31.4. The molecule has 118 valence electrons. The van der Waals surface area contributed by atoms with Crippen LogP contribution < -0.4 is 15.2 Å². The Morgan fingerprint density at radius 3 is 2.67 bits per heavy atom. The van der Waals surface area contributed by atoms with Gasteiger partial charge in [0, 0.05) is 0 Å². The zero-order chi connectivity index (χ0) is 16.0. The first-order valence-electron chi connectivity index (χ1n) is 6.10. The number of hydrogen-bond acceptors (Lipinski definition) is 5. The smallest absolute Gasteiger partial charge is 0.321 e. The van der Waals surface area contributed by atoms with E-state index in [1.54, 1.807) is 0 Å². The van der Waals surface area contributed by atoms with Crippen molar-refractivity contribution >= 4 is 27.6 Å². The normalized spacial score (nSPS) is 12.9. The zero-order valence-electron chi connectivity index (χ0n) is 11.4. The SMILES string of the molecule is COc1ccc(S(=O)(=O)N[C@@H](CCCN)C(=O)O)cc1Cl. The average molecular weight is 337 g/mol. The van der Waals surface area contributed by atoms with E-state index in [1.807, 2.05) is 0 Å². The number of rotatable bonds is 8. The van der Waals surface area contributed by atoms with Crippen molar-refractivity contribution in [1.29, 1.82) is 0 Å². The third kappa shape index (κ3) is 4.85. The maximum atomic E-state index is 12.2. The molecule has 0 aliphatic carbocycles. The van der Waals surface area contributed by atoms with Gasteiger partial charge in [-0.2, -0.15) is 4.72 Å². The number of carboxylic acids is 1. The van der Waals surface area contributed by atoms with Gasteiger partial charge in [0.25, 0.3) is 0 Å². The number of methoxy groups -OCH3 is 1. The van der Waals surface area contributed by atoms with Crippen LogP contribution in [0.15, 0.2) is 23.1 Å². The quantitative estimate of drug-likeness (QED) is 0.646. The Balaban J connectivity index is 2.99. The second kappa shape index (κ2) is 7.60. The van der Waals surface area contributed by atoms with E-state index in [1.165, 1.54) is 25.3 Å². The largest absolute Gasteiger partial charge is 0.495 e. The number of aliphatic carboxylic acids is 1. The summed E-state index contributed by atoms with van der Waals surface area (Å²) in [5.41, 5.74) is 5.30. The molecule has 0 heterocycles. The van der Waals surface area contributed by atoms with Gasteiger partial charge in [0.1, 0.15) is 11.8 Å². The van der Waals surface area contributed by atoms with Gasteiger partial charge >= 0.3 is 5.97 Å². The number of nitrogens with one attached hydrogen (secondary N) is 1. The van der Waals surface area contributed by atoms with Crippen LogP contribution in [-0.4, -0.2) is 39.2 Å². The van der Waals surface area contributed by atoms with Crippen LogP contribution in [0.25, 0.3) is 0 Å². The minimum absolute atomic E-state index is 0.106. The summed E-state index contributed by atoms with van der Waals surface area (Å²) in [7, 11) is -2.59. The highest BCUT2D eigenvalue weighted by molar-refractivity contribution is 7.89. The molecule has 7 nitrogen and oxygen atoms in total. The lowest BCUT2D eigenvalue weighted by atomic mass is 10.2. The molecule has 1 aromatic rings. The summed E-state index contributed by atoms with van der Waals surface area (Å²) in [6.45, 7) is 0.278. The zero-order valence-corrected chi connectivity index (χ0v) is 12.9. The molecule has 4 N–H and O–H groups in total. The van der Waals surface area contributed by atoms with Gasteiger partial charge in [0.2, 0.25) is 10.0 Å². The number of benzene rings is 1. The molecular formula is C12H17ClN2O5S. The summed E-state index contributed by atoms with van der Waals surface area (Å²) in [5.74, 6) is -0.930. The first kappa shape index (κ1) is 17.7. The topological polar surface area (TPSA) is 119 Å². The molecule has 0 saturated carbocycles. The second-order valence-electron chi connectivity index (χ2n) is 4.24. The summed E-state index contributed by atoms with van der Waals surface area (Å²) in [6, 6.07) is 2.64. The van der Waals surface area contributed by atoms with Crippen molar-refractivity contribution < 1.29 is 23.1 Å². The lowest BCUT2D eigenvalue weighted by Gasteiger charge is -2.15. The van der Waals surface area contributed by atoms with Crippen molar-refractivity contribution in [2.45, 2.75) is 23.8 Å². The minimum atomic E-state index is -3.99. The van der Waals surface area contributed by atoms with Gasteiger partial charge < -0.3 is 15.6 Å². The monoisotopic (exact) mass is 336 g/mol. The molecule has 0 aliphatic rings. The van der Waals surface area contributed by atoms with Crippen molar-refractivity contribution in [2.75, 3.05) is 13.7 Å². The average Bonchev–Trinajstić information content (AvgIpc) is 2.43. The number of carboxylic acid groups (broad SMARTS) is 1. The summed E-state index contributed by atoms with van der Waals surface area (Å²) in [4.78, 5) is 10.9. The summed E-state index contributed by atoms with van der Waals surface area (Å²) in [6.07, 6.45) is 0.498. The molecule has 21 heavy (non-hydrogen) atoms. The van der Waals surface area contributed by atoms with Gasteiger partial charge in [-0.05, 0) is 37.6 Å². The van der Waals surface area contributed by atoms with E-state index < -0.39 is 22.0 Å². The van der Waals surface area contributed by atoms with Crippen LogP contribution in [0.5, 0.6) is 5.75 Å². The molecule has 1 rings (SSSR count). The predicted molar refractivity (Wildman–Crippen MR) is 78.0 cm³/mol. The lowest BCUT2D eigenvalue weighted by Crippen LogP contribution is -2.41. The van der Waals surface area contributed by atoms with Gasteiger partial charge in [0.05, 0.1) is 17.0 Å². The van der Waals surface area contributed by atoms with Gasteiger partial charge in [-0.15, -0.1) is 0 Å². The standard InChI is InChI=1S/C12H17ClN2O5S/c1-20-11-5-4-8(7-9(11)13)21(18,19)15-10(12(16)17)3-2-6-14/h4-5,7,10,15H,2-3,6,14H2,1H3,(H,16,17)/t10-/m0/s1. The number of carbonyl (C=O) groups is 1. The molecule has 0 aliphatic heterocycles. The number of hydrogen-bond donors (Lipinski definition) is 3. The third-order valence-corrected chi connectivity index (χ3v) is 4.49. The fourth-order valence-electron chi connectivity index (χ4n) is 1.62. The van der Waals surface area contributed by atoms with Crippen LogP contribution >= 0.6 is 11.6 Å². The highest BCUT2D eigenvalue weighted by Crippen LogP contribution is 2.27. The summed E-state index contributed by atoms with van der Waals surface area (Å²) >= 11 is 5.87. The van der Waals surface area contributed by atoms with Crippen molar-refractivity contribution in [3.63, 3.8) is 0 Å². The van der Waals surface area contributed by atoms with Crippen LogP contribution in [0.2, 0.25) is 5.02 Å². The first-order valence-corrected chi connectivity index (χ1v) is 7.96. The predicted octanol–water partition coefficient (Wildman–Crippen LogP) is 0.819. The van der Waals surface area contributed by atoms with E-state index in [-0.39, 0.29) is 22.9 Å². The minimum Gasteiger partial charge on any atom is -0.495 e. The number of ether oxygens (including phenoxy) is 1. The van der Waals surface area contributed by atoms with E-state index in [0.29, 0.717) is 12.2 Å². The molecule has 1 aromatic carbocycles. The molecule has 0 saturated heterocycles. The first-order chi connectivity index (χ1) is 9.81. The Morgan fingerprint density at radius 1 is 1.52 bits per heavy atom.